The quantitative estimate of drug-likeness (QED) is 0.184. The van der Waals surface area contributed by atoms with Crippen LogP contribution in [0.2, 0.25) is 0 Å². The van der Waals surface area contributed by atoms with Crippen LogP contribution in [0.15, 0.2) is 0 Å². The number of nitrogens with zero attached hydrogens (tertiary/aromatic N) is 3. The molecule has 0 radical (unpaired) electrons. The number of piperidine rings is 1. The summed E-state index contributed by atoms with van der Waals surface area (Å²) in [6.07, 6.45) is 13.7. The zero-order valence-corrected chi connectivity index (χ0v) is 26.4. The Balaban J connectivity index is 0.000000242. The first-order valence-corrected chi connectivity index (χ1v) is 17.2. The van der Waals surface area contributed by atoms with Crippen molar-refractivity contribution in [3.8, 4) is 0 Å². The Morgan fingerprint density at radius 2 is 1.68 bits per heavy atom. The van der Waals surface area contributed by atoms with Gasteiger partial charge in [-0.2, -0.15) is 8.42 Å². The molecule has 5 heterocycles. The van der Waals surface area contributed by atoms with E-state index in [0.717, 1.165) is 23.9 Å². The highest BCUT2D eigenvalue weighted by atomic mass is 32.3. The summed E-state index contributed by atoms with van der Waals surface area (Å²) in [5.41, 5.74) is 1.57. The van der Waals surface area contributed by atoms with Gasteiger partial charge in [-0.25, -0.2) is 10.4 Å². The Morgan fingerprint density at radius 3 is 2.27 bits per heavy atom. The first-order chi connectivity index (χ1) is 19.7. The Labute approximate surface area is 247 Å². The van der Waals surface area contributed by atoms with E-state index in [4.69, 9.17) is 18.9 Å². The average molecular weight is 607 g/mol. The molecule has 1 spiro atoms. The molecule has 5 atom stereocenters. The van der Waals surface area contributed by atoms with Gasteiger partial charge in [0, 0.05) is 25.8 Å². The fourth-order valence-corrected chi connectivity index (χ4v) is 6.55. The van der Waals surface area contributed by atoms with Crippen molar-refractivity contribution in [3.05, 3.63) is 0 Å². The molecular formula is C28H54N4O8S. The molecule has 0 aromatic heterocycles. The molecular weight excluding hydrogens is 552 g/mol. The molecule has 4 unspecified atom stereocenters. The molecule has 13 heteroatoms. The van der Waals surface area contributed by atoms with Crippen LogP contribution in [0.4, 0.5) is 0 Å². The van der Waals surface area contributed by atoms with Crippen molar-refractivity contribution in [1.82, 2.24) is 20.3 Å². The number of ether oxygens (including phenoxy) is 2. The van der Waals surface area contributed by atoms with Crippen molar-refractivity contribution in [2.24, 2.45) is 0 Å². The summed E-state index contributed by atoms with van der Waals surface area (Å²) in [4.78, 5) is 22.3. The van der Waals surface area contributed by atoms with Crippen molar-refractivity contribution >= 4 is 16.3 Å². The fraction of sp³-hybridized carbons (Fsp3) is 0.964. The fourth-order valence-electron chi connectivity index (χ4n) is 6.13. The van der Waals surface area contributed by atoms with Crippen molar-refractivity contribution in [2.45, 2.75) is 141 Å². The molecule has 41 heavy (non-hydrogen) atoms. The van der Waals surface area contributed by atoms with Crippen LogP contribution in [0.1, 0.15) is 111 Å². The Hall–Kier alpha value is -0.900. The Kier molecular flexibility index (Phi) is 14.2. The molecule has 2 N–H and O–H groups in total. The lowest BCUT2D eigenvalue weighted by molar-refractivity contribution is -0.415. The largest absolute Gasteiger partial charge is 0.414 e. The highest BCUT2D eigenvalue weighted by molar-refractivity contribution is 7.80. The summed E-state index contributed by atoms with van der Waals surface area (Å²) in [5, 5.41) is 1.09. The number of unbranched alkanes of at least 4 members (excludes halogenated alkanes) is 3. The van der Waals surface area contributed by atoms with Crippen molar-refractivity contribution in [1.29, 1.82) is 0 Å². The minimum Gasteiger partial charge on any atom is -0.381 e. The third-order valence-electron chi connectivity index (χ3n) is 8.45. The number of rotatable bonds is 17. The van der Waals surface area contributed by atoms with Gasteiger partial charge in [0.25, 0.3) is 5.91 Å². The number of carbonyl (C=O) groups is 1. The highest BCUT2D eigenvalue weighted by Crippen LogP contribution is 2.52. The lowest BCUT2D eigenvalue weighted by Gasteiger charge is -2.45. The second kappa shape index (κ2) is 16.8. The van der Waals surface area contributed by atoms with Gasteiger partial charge in [0.1, 0.15) is 0 Å². The Bertz CT molecular complexity index is 882. The average Bonchev–Trinajstić information content (AvgIpc) is 3.38. The number of carbonyl (C=O) groups excluding carboxylic acids is 1. The normalized spacial score (nSPS) is 28.6. The zero-order valence-electron chi connectivity index (χ0n) is 25.6. The van der Waals surface area contributed by atoms with E-state index in [1.165, 1.54) is 70.9 Å². The molecule has 5 aliphatic rings. The number of hydroxylamine groups is 3. The van der Waals surface area contributed by atoms with E-state index in [1.54, 1.807) is 4.90 Å². The SMILES string of the molecule is CCCCC(CCC)N(CCCC)CCCC.O=C(NOC1CCOCC1)[C@@H]1CCC23CN1C(O2)N3OS(=O)(=O)O. The van der Waals surface area contributed by atoms with Crippen molar-refractivity contribution in [2.75, 3.05) is 32.8 Å². The standard InChI is InChI=1S/C16H35N.C12H19N3O8S/c1-5-9-13-16(12-8-4)17(14-10-6-2)15-11-7-3;16-10(13-22-8-2-5-20-6-3-8)9-1-4-12-7-14(9)11(21-12)15(12)23-24(17,18)19/h16H,5-15H2,1-4H3;8-9,11H,1-7H2,(H,13,16)(H,17,18,19)/t;9-,11?,12?/m.0/s1. The van der Waals surface area contributed by atoms with Crippen LogP contribution in [0.3, 0.4) is 0 Å². The third kappa shape index (κ3) is 9.80. The number of hydrogen-bond donors (Lipinski definition) is 2. The van der Waals surface area contributed by atoms with Crippen LogP contribution in [-0.4, -0.2) is 96.9 Å². The van der Waals surface area contributed by atoms with Crippen LogP contribution in [0.5, 0.6) is 0 Å². The number of nitrogens with one attached hydrogen (secondary N) is 1. The van der Waals surface area contributed by atoms with E-state index in [-0.39, 0.29) is 12.0 Å². The van der Waals surface area contributed by atoms with Crippen molar-refractivity contribution in [3.63, 3.8) is 0 Å². The maximum Gasteiger partial charge on any atom is 0.414 e. The predicted octanol–water partition coefficient (Wildman–Crippen LogP) is 3.99. The zero-order chi connectivity index (χ0) is 29.9. The predicted molar refractivity (Wildman–Crippen MR) is 154 cm³/mol. The smallest absolute Gasteiger partial charge is 0.381 e. The minimum atomic E-state index is -4.63. The third-order valence-corrected chi connectivity index (χ3v) is 8.80. The topological polar surface area (TPSA) is 130 Å². The summed E-state index contributed by atoms with van der Waals surface area (Å²) < 4.78 is 46.1. The van der Waals surface area contributed by atoms with Crippen LogP contribution in [-0.2, 0) is 33.8 Å². The monoisotopic (exact) mass is 606 g/mol. The van der Waals surface area contributed by atoms with E-state index in [2.05, 4.69) is 42.4 Å². The molecule has 0 aromatic rings. The van der Waals surface area contributed by atoms with E-state index in [1.807, 2.05) is 0 Å². The van der Waals surface area contributed by atoms with Gasteiger partial charge < -0.3 is 14.4 Å². The van der Waals surface area contributed by atoms with Crippen LogP contribution >= 0.6 is 0 Å². The van der Waals surface area contributed by atoms with E-state index in [0.29, 0.717) is 32.6 Å². The van der Waals surface area contributed by atoms with Gasteiger partial charge in [-0.3, -0.25) is 14.2 Å². The van der Waals surface area contributed by atoms with Gasteiger partial charge in [-0.05, 0) is 64.5 Å². The molecule has 5 rings (SSSR count). The first kappa shape index (κ1) is 34.6. The summed E-state index contributed by atoms with van der Waals surface area (Å²) in [6, 6.07) is 0.346. The first-order valence-electron chi connectivity index (χ1n) is 15.8. The van der Waals surface area contributed by atoms with E-state index >= 15 is 0 Å². The van der Waals surface area contributed by atoms with Gasteiger partial charge >= 0.3 is 10.4 Å². The van der Waals surface area contributed by atoms with Crippen LogP contribution in [0, 0.1) is 0 Å². The molecule has 0 aromatic carbocycles. The maximum absolute atomic E-state index is 12.4. The molecule has 0 aliphatic carbocycles. The van der Waals surface area contributed by atoms with Gasteiger partial charge in [-0.1, -0.05) is 64.9 Å². The molecule has 3 bridgehead atoms. The molecule has 1 amide bonds. The Morgan fingerprint density at radius 1 is 1.02 bits per heavy atom. The van der Waals surface area contributed by atoms with Crippen LogP contribution < -0.4 is 5.48 Å². The van der Waals surface area contributed by atoms with Gasteiger partial charge in [0.05, 0.1) is 12.1 Å². The second-order valence-electron chi connectivity index (χ2n) is 11.7. The minimum absolute atomic E-state index is 0.0690. The van der Waals surface area contributed by atoms with E-state index < -0.39 is 28.5 Å². The molecule has 5 fully saturated rings. The maximum atomic E-state index is 12.4. The lowest BCUT2D eigenvalue weighted by Crippen LogP contribution is -2.63. The summed E-state index contributed by atoms with van der Waals surface area (Å²) >= 11 is 0. The lowest BCUT2D eigenvalue weighted by atomic mass is 9.98. The van der Waals surface area contributed by atoms with Gasteiger partial charge in [0.15, 0.2) is 12.1 Å². The van der Waals surface area contributed by atoms with Gasteiger partial charge in [-0.15, -0.1) is 4.28 Å². The number of hydrogen-bond acceptors (Lipinski definition) is 10. The molecule has 240 valence electrons. The summed E-state index contributed by atoms with van der Waals surface area (Å²) in [7, 11) is -4.63. The number of amides is 1. The molecule has 12 nitrogen and oxygen atoms in total. The van der Waals surface area contributed by atoms with E-state index in [9.17, 15) is 13.2 Å². The van der Waals surface area contributed by atoms with Crippen molar-refractivity contribution < 1.29 is 36.4 Å². The molecule has 5 saturated heterocycles. The van der Waals surface area contributed by atoms with Crippen LogP contribution in [0.25, 0.3) is 0 Å². The van der Waals surface area contributed by atoms with Gasteiger partial charge in [0.2, 0.25) is 0 Å². The summed E-state index contributed by atoms with van der Waals surface area (Å²) in [5.74, 6) is -0.306. The molecule has 0 saturated carbocycles. The highest BCUT2D eigenvalue weighted by Gasteiger charge is 2.70. The molecule has 5 aliphatic heterocycles. The summed E-state index contributed by atoms with van der Waals surface area (Å²) in [6.45, 7) is 13.4. The second-order valence-corrected chi connectivity index (χ2v) is 12.7.